The molecule has 5 heteroatoms. The molecule has 0 saturated carbocycles. The van der Waals surface area contributed by atoms with E-state index in [2.05, 4.69) is 4.98 Å². The predicted octanol–water partition coefficient (Wildman–Crippen LogP) is 2.18. The minimum atomic E-state index is -0.330. The zero-order valence-corrected chi connectivity index (χ0v) is 14.0. The summed E-state index contributed by atoms with van der Waals surface area (Å²) in [6.07, 6.45) is 5.06. The SMILES string of the molecule is CN1CCCC2(CCN(C(=O)Cc3c[nH]c4ccccc34)C2)C1=O. The van der Waals surface area contributed by atoms with Crippen molar-refractivity contribution in [1.29, 1.82) is 0 Å². The highest BCUT2D eigenvalue weighted by Crippen LogP contribution is 2.39. The van der Waals surface area contributed by atoms with E-state index in [1.165, 1.54) is 0 Å². The maximum atomic E-state index is 12.8. The monoisotopic (exact) mass is 325 g/mol. The van der Waals surface area contributed by atoms with E-state index in [9.17, 15) is 9.59 Å². The highest BCUT2D eigenvalue weighted by Gasteiger charge is 2.48. The van der Waals surface area contributed by atoms with Crippen LogP contribution in [0.15, 0.2) is 30.5 Å². The number of piperidine rings is 1. The third kappa shape index (κ3) is 2.39. The lowest BCUT2D eigenvalue weighted by atomic mass is 9.78. The van der Waals surface area contributed by atoms with Gasteiger partial charge in [0.25, 0.3) is 0 Å². The van der Waals surface area contributed by atoms with Gasteiger partial charge < -0.3 is 14.8 Å². The summed E-state index contributed by atoms with van der Waals surface area (Å²) in [6, 6.07) is 8.04. The van der Waals surface area contributed by atoms with Crippen molar-refractivity contribution >= 4 is 22.7 Å². The molecule has 2 aliphatic rings. The average Bonchev–Trinajstić information content (AvgIpc) is 3.19. The van der Waals surface area contributed by atoms with Crippen molar-refractivity contribution in [3.05, 3.63) is 36.0 Å². The Labute approximate surface area is 141 Å². The maximum Gasteiger partial charge on any atom is 0.230 e. The molecule has 4 rings (SSSR count). The number of amides is 2. The summed E-state index contributed by atoms with van der Waals surface area (Å²) in [5.41, 5.74) is 1.76. The number of rotatable bonds is 2. The molecular weight excluding hydrogens is 302 g/mol. The maximum absolute atomic E-state index is 12.8. The first-order valence-corrected chi connectivity index (χ1v) is 8.67. The molecule has 0 bridgehead atoms. The third-order valence-corrected chi connectivity index (χ3v) is 5.67. The zero-order valence-electron chi connectivity index (χ0n) is 14.0. The lowest BCUT2D eigenvalue weighted by molar-refractivity contribution is -0.144. The number of aromatic amines is 1. The number of nitrogens with zero attached hydrogens (tertiary/aromatic N) is 2. The van der Waals surface area contributed by atoms with Gasteiger partial charge in [-0.05, 0) is 30.9 Å². The standard InChI is InChI=1S/C19H23N3O2/c1-21-9-4-7-19(18(21)24)8-10-22(13-19)17(23)11-14-12-20-16-6-3-2-5-15(14)16/h2-3,5-6,12,20H,4,7-11,13H2,1H3. The van der Waals surface area contributed by atoms with E-state index in [4.69, 9.17) is 0 Å². The molecule has 1 aromatic heterocycles. The van der Waals surface area contributed by atoms with Gasteiger partial charge in [-0.15, -0.1) is 0 Å². The van der Waals surface area contributed by atoms with Crippen LogP contribution in [-0.4, -0.2) is 53.3 Å². The van der Waals surface area contributed by atoms with Crippen molar-refractivity contribution in [2.75, 3.05) is 26.7 Å². The Kier molecular flexibility index (Phi) is 3.59. The smallest absolute Gasteiger partial charge is 0.230 e. The molecule has 2 fully saturated rings. The number of likely N-dealkylation sites (tertiary alicyclic amines) is 2. The van der Waals surface area contributed by atoms with Crippen LogP contribution in [0.25, 0.3) is 10.9 Å². The van der Waals surface area contributed by atoms with E-state index in [1.807, 2.05) is 47.3 Å². The Morgan fingerprint density at radius 2 is 2.08 bits per heavy atom. The number of H-pyrrole nitrogens is 1. The van der Waals surface area contributed by atoms with E-state index < -0.39 is 0 Å². The van der Waals surface area contributed by atoms with Crippen LogP contribution in [0, 0.1) is 5.41 Å². The summed E-state index contributed by atoms with van der Waals surface area (Å²) >= 11 is 0. The average molecular weight is 325 g/mol. The van der Waals surface area contributed by atoms with Gasteiger partial charge in [-0.25, -0.2) is 0 Å². The Hall–Kier alpha value is -2.30. The highest BCUT2D eigenvalue weighted by molar-refractivity contribution is 5.90. The van der Waals surface area contributed by atoms with Crippen LogP contribution in [0.3, 0.4) is 0 Å². The molecule has 24 heavy (non-hydrogen) atoms. The van der Waals surface area contributed by atoms with Gasteiger partial charge in [0.15, 0.2) is 0 Å². The van der Waals surface area contributed by atoms with Gasteiger partial charge in [0, 0.05) is 43.8 Å². The van der Waals surface area contributed by atoms with Crippen LogP contribution in [0.1, 0.15) is 24.8 Å². The summed E-state index contributed by atoms with van der Waals surface area (Å²) < 4.78 is 0. The number of benzene rings is 1. The van der Waals surface area contributed by atoms with E-state index in [0.29, 0.717) is 19.5 Å². The molecule has 2 saturated heterocycles. The minimum Gasteiger partial charge on any atom is -0.361 e. The largest absolute Gasteiger partial charge is 0.361 e. The van der Waals surface area contributed by atoms with Crippen molar-refractivity contribution < 1.29 is 9.59 Å². The van der Waals surface area contributed by atoms with Crippen molar-refractivity contribution in [2.45, 2.75) is 25.7 Å². The van der Waals surface area contributed by atoms with Crippen LogP contribution in [0.5, 0.6) is 0 Å². The van der Waals surface area contributed by atoms with Gasteiger partial charge in [-0.2, -0.15) is 0 Å². The molecule has 0 radical (unpaired) electrons. The molecule has 5 nitrogen and oxygen atoms in total. The van der Waals surface area contributed by atoms with Crippen LogP contribution in [-0.2, 0) is 16.0 Å². The van der Waals surface area contributed by atoms with E-state index in [0.717, 1.165) is 42.3 Å². The molecule has 2 aliphatic heterocycles. The van der Waals surface area contributed by atoms with Crippen LogP contribution < -0.4 is 0 Å². The van der Waals surface area contributed by atoms with E-state index in [1.54, 1.807) is 0 Å². The molecule has 2 amide bonds. The number of aromatic nitrogens is 1. The van der Waals surface area contributed by atoms with E-state index in [-0.39, 0.29) is 17.2 Å². The number of para-hydroxylation sites is 1. The Bertz CT molecular complexity index is 797. The van der Waals surface area contributed by atoms with Gasteiger partial charge >= 0.3 is 0 Å². The topological polar surface area (TPSA) is 56.4 Å². The van der Waals surface area contributed by atoms with Crippen LogP contribution in [0.4, 0.5) is 0 Å². The van der Waals surface area contributed by atoms with Crippen molar-refractivity contribution in [3.63, 3.8) is 0 Å². The molecule has 1 aromatic carbocycles. The summed E-state index contributed by atoms with van der Waals surface area (Å²) in [6.45, 7) is 2.11. The molecule has 126 valence electrons. The quantitative estimate of drug-likeness (QED) is 0.920. The van der Waals surface area contributed by atoms with Gasteiger partial charge in [0.2, 0.25) is 11.8 Å². The summed E-state index contributed by atoms with van der Waals surface area (Å²) in [5, 5.41) is 1.10. The van der Waals surface area contributed by atoms with Gasteiger partial charge in [0.05, 0.1) is 11.8 Å². The third-order valence-electron chi connectivity index (χ3n) is 5.67. The number of nitrogens with one attached hydrogen (secondary N) is 1. The molecular formula is C19H23N3O2. The summed E-state index contributed by atoms with van der Waals surface area (Å²) in [4.78, 5) is 32.3. The first-order valence-electron chi connectivity index (χ1n) is 8.67. The number of carbonyl (C=O) groups is 2. The fourth-order valence-corrected chi connectivity index (χ4v) is 4.28. The van der Waals surface area contributed by atoms with Crippen LogP contribution in [0.2, 0.25) is 0 Å². The van der Waals surface area contributed by atoms with Crippen molar-refractivity contribution in [2.24, 2.45) is 5.41 Å². The fraction of sp³-hybridized carbons (Fsp3) is 0.474. The van der Waals surface area contributed by atoms with Crippen LogP contribution >= 0.6 is 0 Å². The number of hydrogen-bond donors (Lipinski definition) is 1. The summed E-state index contributed by atoms with van der Waals surface area (Å²) in [5.74, 6) is 0.341. The molecule has 1 atom stereocenters. The second kappa shape index (κ2) is 5.65. The van der Waals surface area contributed by atoms with Crippen molar-refractivity contribution in [3.8, 4) is 0 Å². The normalized spacial score (nSPS) is 24.3. The fourth-order valence-electron chi connectivity index (χ4n) is 4.28. The number of hydrogen-bond acceptors (Lipinski definition) is 2. The Morgan fingerprint density at radius 3 is 2.96 bits per heavy atom. The Morgan fingerprint density at radius 1 is 1.25 bits per heavy atom. The second-order valence-corrected chi connectivity index (χ2v) is 7.21. The number of carbonyl (C=O) groups excluding carboxylic acids is 2. The molecule has 1 spiro atoms. The predicted molar refractivity (Wildman–Crippen MR) is 92.5 cm³/mol. The lowest BCUT2D eigenvalue weighted by Crippen LogP contribution is -2.48. The zero-order chi connectivity index (χ0) is 16.7. The second-order valence-electron chi connectivity index (χ2n) is 7.21. The summed E-state index contributed by atoms with van der Waals surface area (Å²) in [7, 11) is 1.87. The van der Waals surface area contributed by atoms with E-state index >= 15 is 0 Å². The first-order chi connectivity index (χ1) is 11.6. The molecule has 1 unspecified atom stereocenters. The molecule has 3 heterocycles. The Balaban J connectivity index is 1.49. The van der Waals surface area contributed by atoms with Gasteiger partial charge in [0.1, 0.15) is 0 Å². The number of fused-ring (bicyclic) bond motifs is 1. The van der Waals surface area contributed by atoms with Crippen molar-refractivity contribution in [1.82, 2.24) is 14.8 Å². The van der Waals surface area contributed by atoms with Gasteiger partial charge in [-0.1, -0.05) is 18.2 Å². The molecule has 2 aromatic rings. The lowest BCUT2D eigenvalue weighted by Gasteiger charge is -2.37. The van der Waals surface area contributed by atoms with Gasteiger partial charge in [-0.3, -0.25) is 9.59 Å². The minimum absolute atomic E-state index is 0.123. The molecule has 0 aliphatic carbocycles. The molecule has 1 N–H and O–H groups in total. The first kappa shape index (κ1) is 15.2. The highest BCUT2D eigenvalue weighted by atomic mass is 16.2.